The van der Waals surface area contributed by atoms with Crippen LogP contribution in [0.15, 0.2) is 11.8 Å². The lowest BCUT2D eigenvalue weighted by molar-refractivity contribution is -0.538. The summed E-state index contributed by atoms with van der Waals surface area (Å²) in [5, 5.41) is 3.77. The molecule has 0 radical (unpaired) electrons. The van der Waals surface area contributed by atoms with Crippen molar-refractivity contribution in [2.24, 2.45) is 0 Å². The van der Waals surface area contributed by atoms with Crippen molar-refractivity contribution < 1.29 is 4.58 Å². The molecule has 2 fully saturated rings. The van der Waals surface area contributed by atoms with E-state index in [2.05, 4.69) is 34.7 Å². The highest BCUT2D eigenvalue weighted by Gasteiger charge is 2.34. The van der Waals surface area contributed by atoms with Gasteiger partial charge in [0.1, 0.15) is 5.54 Å². The predicted octanol–water partition coefficient (Wildman–Crippen LogP) is 2.72. The minimum absolute atomic E-state index is 0.189. The second-order valence-electron chi connectivity index (χ2n) is 7.30. The largest absolute Gasteiger partial charge is 0.374 e. The second kappa shape index (κ2) is 5.79. The van der Waals surface area contributed by atoms with Crippen molar-refractivity contribution in [3.05, 3.63) is 11.8 Å². The summed E-state index contributed by atoms with van der Waals surface area (Å²) in [6.45, 7) is 9.65. The van der Waals surface area contributed by atoms with Gasteiger partial charge >= 0.3 is 0 Å². The zero-order valence-corrected chi connectivity index (χ0v) is 13.2. The molecule has 3 heterocycles. The van der Waals surface area contributed by atoms with Crippen molar-refractivity contribution in [1.82, 2.24) is 10.2 Å². The van der Waals surface area contributed by atoms with Gasteiger partial charge in [0.05, 0.1) is 13.1 Å². The van der Waals surface area contributed by atoms with Gasteiger partial charge in [0.25, 0.3) is 5.84 Å². The molecular weight excluding hydrogens is 246 g/mol. The van der Waals surface area contributed by atoms with Crippen LogP contribution in [-0.2, 0) is 0 Å². The van der Waals surface area contributed by atoms with Gasteiger partial charge < -0.3 is 4.90 Å². The summed E-state index contributed by atoms with van der Waals surface area (Å²) in [6.07, 6.45) is 11.8. The van der Waals surface area contributed by atoms with Gasteiger partial charge in [-0.25, -0.2) is 0 Å². The average Bonchev–Trinajstić information content (AvgIpc) is 2.47. The quantitative estimate of drug-likeness (QED) is 0.742. The normalized spacial score (nSPS) is 27.1. The molecule has 3 rings (SSSR count). The molecule has 0 aliphatic carbocycles. The highest BCUT2D eigenvalue weighted by Crippen LogP contribution is 2.26. The van der Waals surface area contributed by atoms with E-state index in [0.717, 1.165) is 6.42 Å². The molecule has 3 aliphatic heterocycles. The van der Waals surface area contributed by atoms with Crippen LogP contribution in [0.2, 0.25) is 0 Å². The Bertz CT molecular complexity index is 406. The highest BCUT2D eigenvalue weighted by atomic mass is 15.2. The molecule has 2 saturated heterocycles. The van der Waals surface area contributed by atoms with E-state index in [1.54, 1.807) is 5.70 Å². The molecule has 0 aromatic heterocycles. The molecule has 3 aliphatic rings. The van der Waals surface area contributed by atoms with E-state index in [-0.39, 0.29) is 5.54 Å². The zero-order valence-electron chi connectivity index (χ0n) is 13.2. The number of amidine groups is 1. The minimum atomic E-state index is 0.189. The molecule has 112 valence electrons. The smallest absolute Gasteiger partial charge is 0.271 e. The van der Waals surface area contributed by atoms with E-state index >= 15 is 0 Å². The van der Waals surface area contributed by atoms with Gasteiger partial charge in [-0.05, 0) is 52.4 Å². The monoisotopic (exact) mass is 276 g/mol. The Kier molecular flexibility index (Phi) is 4.04. The summed E-state index contributed by atoms with van der Waals surface area (Å²) < 4.78 is 2.56. The van der Waals surface area contributed by atoms with Crippen LogP contribution < -0.4 is 5.32 Å². The third-order valence-electron chi connectivity index (χ3n) is 4.85. The highest BCUT2D eigenvalue weighted by molar-refractivity contribution is 5.91. The van der Waals surface area contributed by atoms with Crippen molar-refractivity contribution in [3.8, 4) is 0 Å². The molecule has 0 aromatic carbocycles. The molecule has 0 unspecified atom stereocenters. The predicted molar refractivity (Wildman–Crippen MR) is 84.2 cm³/mol. The Morgan fingerprint density at radius 3 is 2.35 bits per heavy atom. The van der Waals surface area contributed by atoms with Gasteiger partial charge in [-0.2, -0.15) is 0 Å². The van der Waals surface area contributed by atoms with Crippen molar-refractivity contribution in [3.63, 3.8) is 0 Å². The van der Waals surface area contributed by atoms with Crippen LogP contribution in [0.25, 0.3) is 0 Å². The van der Waals surface area contributed by atoms with E-state index < -0.39 is 0 Å². The van der Waals surface area contributed by atoms with Crippen LogP contribution in [-0.4, -0.2) is 47.0 Å². The Morgan fingerprint density at radius 2 is 1.65 bits per heavy atom. The first-order valence-corrected chi connectivity index (χ1v) is 8.50. The van der Waals surface area contributed by atoms with Crippen LogP contribution in [0.1, 0.15) is 58.8 Å². The maximum Gasteiger partial charge on any atom is 0.271 e. The number of nitrogens with zero attached hydrogens (tertiary/aromatic N) is 2. The fraction of sp³-hybridized carbons (Fsp3) is 0.824. The lowest BCUT2D eigenvalue weighted by Crippen LogP contribution is -2.52. The number of hydrogen-bond acceptors (Lipinski definition) is 1. The summed E-state index contributed by atoms with van der Waals surface area (Å²) in [6, 6.07) is 0. The third kappa shape index (κ3) is 3.18. The molecule has 0 saturated carbocycles. The van der Waals surface area contributed by atoms with E-state index in [1.807, 2.05) is 0 Å². The van der Waals surface area contributed by atoms with Gasteiger partial charge in [0.2, 0.25) is 0 Å². The molecule has 20 heavy (non-hydrogen) atoms. The Labute approximate surface area is 123 Å². The van der Waals surface area contributed by atoms with E-state index in [1.165, 1.54) is 70.5 Å². The fourth-order valence-electron chi connectivity index (χ4n) is 3.78. The number of nitrogens with one attached hydrogen (secondary N) is 1. The summed E-state index contributed by atoms with van der Waals surface area (Å²) in [7, 11) is 0. The molecule has 0 aromatic rings. The first-order chi connectivity index (χ1) is 9.64. The standard InChI is InChI=1S/C17H29N3/c1-17(2)14-15(19-9-5-3-6-10-19)13-16(18-17)20-11-7-4-8-12-20/h13H,3-12,14H2,1-2H3/p+1. The molecular formula is C17H30N3+. The Balaban J connectivity index is 1.85. The molecule has 3 heteroatoms. The van der Waals surface area contributed by atoms with Crippen molar-refractivity contribution >= 4 is 5.84 Å². The Morgan fingerprint density at radius 1 is 1.00 bits per heavy atom. The fourth-order valence-corrected chi connectivity index (χ4v) is 3.78. The van der Waals surface area contributed by atoms with Crippen molar-refractivity contribution in [2.45, 2.75) is 64.3 Å². The number of rotatable bonds is 1. The zero-order chi connectivity index (χ0) is 14.0. The summed E-state index contributed by atoms with van der Waals surface area (Å²) in [5.41, 5.74) is 1.75. The number of piperidine rings is 2. The minimum Gasteiger partial charge on any atom is -0.374 e. The number of hydrogen-bond donors (Lipinski definition) is 1. The van der Waals surface area contributed by atoms with Gasteiger partial charge in [-0.3, -0.25) is 9.89 Å². The maximum absolute atomic E-state index is 3.77. The van der Waals surface area contributed by atoms with Crippen LogP contribution in [0.3, 0.4) is 0 Å². The van der Waals surface area contributed by atoms with Gasteiger partial charge in [-0.15, -0.1) is 0 Å². The van der Waals surface area contributed by atoms with Gasteiger partial charge in [0.15, 0.2) is 0 Å². The maximum atomic E-state index is 3.77. The van der Waals surface area contributed by atoms with Gasteiger partial charge in [0, 0.05) is 31.3 Å². The van der Waals surface area contributed by atoms with Crippen molar-refractivity contribution in [2.75, 3.05) is 26.2 Å². The van der Waals surface area contributed by atoms with Crippen LogP contribution in [0.5, 0.6) is 0 Å². The lowest BCUT2D eigenvalue weighted by Gasteiger charge is -2.37. The number of likely N-dealkylation sites (tertiary alicyclic amines) is 1. The Hall–Kier alpha value is -0.990. The van der Waals surface area contributed by atoms with E-state index in [4.69, 9.17) is 0 Å². The molecule has 1 N–H and O–H groups in total. The lowest BCUT2D eigenvalue weighted by atomic mass is 9.92. The molecule has 0 spiro atoms. The topological polar surface area (TPSA) is 18.3 Å². The molecule has 0 bridgehead atoms. The molecule has 0 atom stereocenters. The van der Waals surface area contributed by atoms with Crippen molar-refractivity contribution in [1.29, 1.82) is 0 Å². The first kappa shape index (κ1) is 14.0. The van der Waals surface area contributed by atoms with Crippen LogP contribution >= 0.6 is 0 Å². The second-order valence-corrected chi connectivity index (χ2v) is 7.30. The summed E-state index contributed by atoms with van der Waals surface area (Å²) in [5.74, 6) is 1.38. The van der Waals surface area contributed by atoms with E-state index in [9.17, 15) is 0 Å². The SMILES string of the molecule is CC1(C)CC(N2CCCCC2)=CC(=[N+]2CCCCC2)N1. The molecule has 0 amide bonds. The van der Waals surface area contributed by atoms with Crippen LogP contribution in [0, 0.1) is 0 Å². The first-order valence-electron chi connectivity index (χ1n) is 8.50. The average molecular weight is 276 g/mol. The summed E-state index contributed by atoms with van der Waals surface area (Å²) in [4.78, 5) is 2.63. The third-order valence-corrected chi connectivity index (χ3v) is 4.85. The van der Waals surface area contributed by atoms with E-state index in [0.29, 0.717) is 0 Å². The van der Waals surface area contributed by atoms with Gasteiger partial charge in [-0.1, -0.05) is 0 Å². The molecule has 3 nitrogen and oxygen atoms in total. The van der Waals surface area contributed by atoms with Crippen LogP contribution in [0.4, 0.5) is 0 Å². The summed E-state index contributed by atoms with van der Waals surface area (Å²) >= 11 is 0.